The Morgan fingerprint density at radius 1 is 1.24 bits per heavy atom. The summed E-state index contributed by atoms with van der Waals surface area (Å²) in [6, 6.07) is 10.4. The van der Waals surface area contributed by atoms with Crippen LogP contribution in [0.25, 0.3) is 6.08 Å². The van der Waals surface area contributed by atoms with Crippen LogP contribution in [0.15, 0.2) is 35.9 Å². The monoisotopic (exact) mass is 344 g/mol. The minimum absolute atomic E-state index is 0.180. The van der Waals surface area contributed by atoms with Crippen molar-refractivity contribution in [3.05, 3.63) is 41.5 Å². The third-order valence-corrected chi connectivity index (χ3v) is 4.32. The molecule has 0 radical (unpaired) electrons. The topological polar surface area (TPSA) is 41.6 Å². The molecule has 1 aliphatic heterocycles. The first kappa shape index (κ1) is 19.5. The van der Waals surface area contributed by atoms with Gasteiger partial charge in [0.2, 0.25) is 0 Å². The normalized spacial score (nSPS) is 16.8. The number of ether oxygens (including phenoxy) is 1. The van der Waals surface area contributed by atoms with Crippen molar-refractivity contribution >= 4 is 12.2 Å². The summed E-state index contributed by atoms with van der Waals surface area (Å²) in [6.45, 7) is 11.4. The smallest absolute Gasteiger partial charge is 0.410 e. The van der Waals surface area contributed by atoms with E-state index in [9.17, 15) is 4.79 Å². The van der Waals surface area contributed by atoms with Crippen LogP contribution in [0.2, 0.25) is 0 Å². The summed E-state index contributed by atoms with van der Waals surface area (Å²) < 4.78 is 5.45. The zero-order valence-corrected chi connectivity index (χ0v) is 16.0. The average molecular weight is 344 g/mol. The summed E-state index contributed by atoms with van der Waals surface area (Å²) in [5, 5.41) is 3.55. The molecular formula is C21H32N2O2. The Morgan fingerprint density at radius 3 is 2.48 bits per heavy atom. The molecule has 0 aliphatic carbocycles. The molecular weight excluding hydrogens is 312 g/mol. The maximum absolute atomic E-state index is 12.1. The van der Waals surface area contributed by atoms with Crippen LogP contribution >= 0.6 is 0 Å². The van der Waals surface area contributed by atoms with Gasteiger partial charge in [0.05, 0.1) is 0 Å². The van der Waals surface area contributed by atoms with Gasteiger partial charge in [-0.25, -0.2) is 4.79 Å². The number of amides is 1. The summed E-state index contributed by atoms with van der Waals surface area (Å²) in [5.74, 6) is 0.628. The van der Waals surface area contributed by atoms with Crippen LogP contribution in [0, 0.1) is 5.92 Å². The van der Waals surface area contributed by atoms with Crippen LogP contribution in [0.5, 0.6) is 0 Å². The second kappa shape index (κ2) is 9.04. The number of piperidine rings is 1. The van der Waals surface area contributed by atoms with Crippen molar-refractivity contribution < 1.29 is 9.53 Å². The fraction of sp³-hybridized carbons (Fsp3) is 0.571. The number of likely N-dealkylation sites (tertiary alicyclic amines) is 1. The largest absolute Gasteiger partial charge is 0.444 e. The fourth-order valence-electron chi connectivity index (χ4n) is 3.00. The van der Waals surface area contributed by atoms with E-state index in [4.69, 9.17) is 4.74 Å². The molecule has 4 heteroatoms. The van der Waals surface area contributed by atoms with Crippen molar-refractivity contribution in [3.8, 4) is 0 Å². The van der Waals surface area contributed by atoms with Gasteiger partial charge in [0.1, 0.15) is 5.60 Å². The maximum Gasteiger partial charge on any atom is 0.410 e. The standard InChI is InChI=1S/C21H32N2O2/c1-17(14-18-8-6-5-7-9-18)15-22-16-19-10-12-23(13-11-19)20(24)25-21(2,3)4/h5-9,14,19,22H,10-13,15-16H2,1-4H3. The summed E-state index contributed by atoms with van der Waals surface area (Å²) in [6.07, 6.45) is 4.11. The molecule has 138 valence electrons. The number of hydrogen-bond acceptors (Lipinski definition) is 3. The van der Waals surface area contributed by atoms with Crippen LogP contribution < -0.4 is 5.32 Å². The van der Waals surface area contributed by atoms with E-state index in [-0.39, 0.29) is 6.09 Å². The van der Waals surface area contributed by atoms with E-state index in [0.717, 1.165) is 39.0 Å². The van der Waals surface area contributed by atoms with Gasteiger partial charge in [0.25, 0.3) is 0 Å². The van der Waals surface area contributed by atoms with Gasteiger partial charge >= 0.3 is 6.09 Å². The second-order valence-electron chi connectivity index (χ2n) is 7.94. The molecule has 0 atom stereocenters. The Bertz CT molecular complexity index is 567. The first-order valence-electron chi connectivity index (χ1n) is 9.24. The van der Waals surface area contributed by atoms with Gasteiger partial charge < -0.3 is 15.0 Å². The van der Waals surface area contributed by atoms with E-state index < -0.39 is 5.60 Å². The quantitative estimate of drug-likeness (QED) is 0.864. The van der Waals surface area contributed by atoms with Crippen LogP contribution in [-0.2, 0) is 4.74 Å². The molecule has 1 N–H and O–H groups in total. The van der Waals surface area contributed by atoms with E-state index in [1.165, 1.54) is 11.1 Å². The molecule has 1 saturated heterocycles. The minimum atomic E-state index is -0.419. The first-order chi connectivity index (χ1) is 11.8. The van der Waals surface area contributed by atoms with Crippen molar-refractivity contribution in [3.63, 3.8) is 0 Å². The third kappa shape index (κ3) is 7.30. The maximum atomic E-state index is 12.1. The first-order valence-corrected chi connectivity index (χ1v) is 9.24. The van der Waals surface area contributed by atoms with E-state index in [2.05, 4.69) is 42.6 Å². The molecule has 1 fully saturated rings. The van der Waals surface area contributed by atoms with Gasteiger partial charge in [0.15, 0.2) is 0 Å². The molecule has 0 unspecified atom stereocenters. The van der Waals surface area contributed by atoms with Gasteiger partial charge in [-0.1, -0.05) is 42.0 Å². The van der Waals surface area contributed by atoms with Crippen molar-refractivity contribution in [1.29, 1.82) is 0 Å². The van der Waals surface area contributed by atoms with Gasteiger partial charge in [-0.3, -0.25) is 0 Å². The average Bonchev–Trinajstić information content (AvgIpc) is 2.55. The predicted octanol–water partition coefficient (Wildman–Crippen LogP) is 4.33. The number of carbonyl (C=O) groups excluding carboxylic acids is 1. The lowest BCUT2D eigenvalue weighted by Gasteiger charge is -2.33. The molecule has 1 aromatic carbocycles. The van der Waals surface area contributed by atoms with Gasteiger partial charge in [-0.2, -0.15) is 0 Å². The molecule has 1 heterocycles. The molecule has 25 heavy (non-hydrogen) atoms. The van der Waals surface area contributed by atoms with Crippen LogP contribution in [0.3, 0.4) is 0 Å². The van der Waals surface area contributed by atoms with Gasteiger partial charge in [0, 0.05) is 19.6 Å². The molecule has 0 aromatic heterocycles. The lowest BCUT2D eigenvalue weighted by Crippen LogP contribution is -2.43. The predicted molar refractivity (Wildman–Crippen MR) is 103 cm³/mol. The van der Waals surface area contributed by atoms with E-state index in [1.807, 2.05) is 31.7 Å². The lowest BCUT2D eigenvalue weighted by atomic mass is 9.97. The SMILES string of the molecule is CC(=Cc1ccccc1)CNCC1CCN(C(=O)OC(C)(C)C)CC1. The number of carbonyl (C=O) groups is 1. The van der Waals surface area contributed by atoms with Crippen molar-refractivity contribution in [1.82, 2.24) is 10.2 Å². The highest BCUT2D eigenvalue weighted by Gasteiger charge is 2.26. The molecule has 4 nitrogen and oxygen atoms in total. The highest BCUT2D eigenvalue weighted by Crippen LogP contribution is 2.19. The molecule has 0 spiro atoms. The Morgan fingerprint density at radius 2 is 1.88 bits per heavy atom. The number of nitrogens with zero attached hydrogens (tertiary/aromatic N) is 1. The molecule has 0 bridgehead atoms. The molecule has 1 amide bonds. The van der Waals surface area contributed by atoms with Gasteiger partial charge in [-0.05, 0) is 58.6 Å². The van der Waals surface area contributed by atoms with Gasteiger partial charge in [-0.15, -0.1) is 0 Å². The Kier molecular flexibility index (Phi) is 7.06. The number of hydrogen-bond donors (Lipinski definition) is 1. The van der Waals surface area contributed by atoms with E-state index >= 15 is 0 Å². The Hall–Kier alpha value is -1.81. The van der Waals surface area contributed by atoms with Crippen molar-refractivity contribution in [2.24, 2.45) is 5.92 Å². The van der Waals surface area contributed by atoms with Crippen molar-refractivity contribution in [2.75, 3.05) is 26.2 Å². The summed E-state index contributed by atoms with van der Waals surface area (Å²) in [5.41, 5.74) is 2.16. The highest BCUT2D eigenvalue weighted by molar-refractivity contribution is 5.68. The number of rotatable bonds is 5. The van der Waals surface area contributed by atoms with E-state index in [1.54, 1.807) is 0 Å². The molecule has 2 rings (SSSR count). The zero-order chi connectivity index (χ0) is 18.3. The van der Waals surface area contributed by atoms with E-state index in [0.29, 0.717) is 5.92 Å². The Labute approximate surface area is 152 Å². The minimum Gasteiger partial charge on any atom is -0.444 e. The lowest BCUT2D eigenvalue weighted by molar-refractivity contribution is 0.0184. The van der Waals surface area contributed by atoms with Crippen LogP contribution in [-0.4, -0.2) is 42.8 Å². The fourth-order valence-corrected chi connectivity index (χ4v) is 3.00. The zero-order valence-electron chi connectivity index (χ0n) is 16.0. The number of benzene rings is 1. The summed E-state index contributed by atoms with van der Waals surface area (Å²) in [4.78, 5) is 13.9. The summed E-state index contributed by atoms with van der Waals surface area (Å²) in [7, 11) is 0. The Balaban J connectivity index is 1.67. The van der Waals surface area contributed by atoms with Crippen molar-refractivity contribution in [2.45, 2.75) is 46.1 Å². The highest BCUT2D eigenvalue weighted by atomic mass is 16.6. The molecule has 0 saturated carbocycles. The number of nitrogens with one attached hydrogen (secondary N) is 1. The summed E-state index contributed by atoms with van der Waals surface area (Å²) >= 11 is 0. The molecule has 1 aromatic rings. The second-order valence-corrected chi connectivity index (χ2v) is 7.94. The third-order valence-electron chi connectivity index (χ3n) is 4.32. The van der Waals surface area contributed by atoms with Crippen LogP contribution in [0.4, 0.5) is 4.79 Å². The molecule has 1 aliphatic rings. The van der Waals surface area contributed by atoms with Crippen LogP contribution in [0.1, 0.15) is 46.1 Å².